The number of aryl methyl sites for hydroxylation is 2. The number of aromatic nitrogens is 2. The van der Waals surface area contributed by atoms with Crippen LogP contribution in [0.4, 0.5) is 0 Å². The smallest absolute Gasteiger partial charge is 0.155 e. The van der Waals surface area contributed by atoms with E-state index in [-0.39, 0.29) is 10.7 Å². The van der Waals surface area contributed by atoms with Crippen molar-refractivity contribution in [2.24, 2.45) is 0 Å². The molecule has 0 spiro atoms. The van der Waals surface area contributed by atoms with Crippen LogP contribution in [0.25, 0.3) is 22.4 Å². The predicted molar refractivity (Wildman–Crippen MR) is 77.1 cm³/mol. The Balaban J connectivity index is 2.30. The third kappa shape index (κ3) is 1.98. The topological polar surface area (TPSA) is 56.0 Å². The van der Waals surface area contributed by atoms with E-state index < -0.39 is 0 Å². The van der Waals surface area contributed by atoms with Crippen molar-refractivity contribution < 1.29 is 9.21 Å². The Kier molecular flexibility index (Phi) is 3.03. The first kappa shape index (κ1) is 12.8. The van der Waals surface area contributed by atoms with Crippen molar-refractivity contribution in [3.8, 4) is 11.5 Å². The van der Waals surface area contributed by atoms with E-state index in [2.05, 4.69) is 9.97 Å². The lowest BCUT2D eigenvalue weighted by atomic mass is 10.1. The van der Waals surface area contributed by atoms with E-state index in [1.807, 2.05) is 31.2 Å². The summed E-state index contributed by atoms with van der Waals surface area (Å²) in [5.41, 5.74) is 2.48. The molecule has 3 rings (SSSR count). The highest BCUT2D eigenvalue weighted by Gasteiger charge is 2.17. The molecule has 0 fully saturated rings. The first-order valence-electron chi connectivity index (χ1n) is 6.09. The summed E-state index contributed by atoms with van der Waals surface area (Å²) in [5, 5.41) is 1.10. The molecule has 0 atom stereocenters. The number of para-hydroxylation sites is 1. The maximum absolute atomic E-state index is 11.2. The van der Waals surface area contributed by atoms with Crippen LogP contribution in [0.2, 0.25) is 5.15 Å². The number of halogens is 1. The fourth-order valence-electron chi connectivity index (χ4n) is 2.16. The Bertz CT molecular complexity index is 824. The fraction of sp³-hybridized carbons (Fsp3) is 0.133. The van der Waals surface area contributed by atoms with E-state index in [4.69, 9.17) is 16.0 Å². The molecule has 20 heavy (non-hydrogen) atoms. The van der Waals surface area contributed by atoms with E-state index in [9.17, 15) is 4.79 Å². The molecule has 0 amide bonds. The summed E-state index contributed by atoms with van der Waals surface area (Å²) in [6.07, 6.45) is 0.650. The second kappa shape index (κ2) is 4.72. The third-order valence-electron chi connectivity index (χ3n) is 3.10. The summed E-state index contributed by atoms with van der Waals surface area (Å²) in [7, 11) is 0. The predicted octanol–water partition coefficient (Wildman–Crippen LogP) is 3.97. The molecule has 0 bridgehead atoms. The number of carbonyl (C=O) groups is 1. The molecule has 0 saturated heterocycles. The van der Waals surface area contributed by atoms with Crippen LogP contribution in [-0.2, 0) is 0 Å². The molecule has 2 aromatic heterocycles. The van der Waals surface area contributed by atoms with Crippen LogP contribution in [0, 0.1) is 13.8 Å². The molecule has 1 aromatic carbocycles. The first-order chi connectivity index (χ1) is 9.60. The average molecular weight is 287 g/mol. The van der Waals surface area contributed by atoms with Gasteiger partial charge < -0.3 is 4.42 Å². The van der Waals surface area contributed by atoms with Crippen LogP contribution in [0.15, 0.2) is 28.7 Å². The molecule has 100 valence electrons. The third-order valence-corrected chi connectivity index (χ3v) is 3.39. The highest BCUT2D eigenvalue weighted by molar-refractivity contribution is 6.32. The van der Waals surface area contributed by atoms with Gasteiger partial charge in [-0.25, -0.2) is 9.97 Å². The molecule has 2 heterocycles. The zero-order valence-corrected chi connectivity index (χ0v) is 11.7. The summed E-state index contributed by atoms with van der Waals surface area (Å²) in [4.78, 5) is 19.5. The summed E-state index contributed by atoms with van der Waals surface area (Å²) in [6, 6.07) is 7.73. The molecule has 0 radical (unpaired) electrons. The normalized spacial score (nSPS) is 10.9. The van der Waals surface area contributed by atoms with Crippen LogP contribution >= 0.6 is 11.6 Å². The van der Waals surface area contributed by atoms with Gasteiger partial charge in [-0.05, 0) is 25.5 Å². The maximum atomic E-state index is 11.2. The van der Waals surface area contributed by atoms with E-state index in [1.54, 1.807) is 6.92 Å². The van der Waals surface area contributed by atoms with Gasteiger partial charge in [0.2, 0.25) is 0 Å². The molecule has 0 unspecified atom stereocenters. The maximum Gasteiger partial charge on any atom is 0.155 e. The van der Waals surface area contributed by atoms with Gasteiger partial charge in [0.25, 0.3) is 0 Å². The number of fused-ring (bicyclic) bond motifs is 1. The number of benzene rings is 1. The first-order valence-corrected chi connectivity index (χ1v) is 6.47. The minimum absolute atomic E-state index is 0.139. The Hall–Kier alpha value is -2.20. The van der Waals surface area contributed by atoms with Gasteiger partial charge in [0.1, 0.15) is 22.3 Å². The number of hydrogen-bond acceptors (Lipinski definition) is 4. The number of carbonyl (C=O) groups excluding carboxylic acids is 1. The van der Waals surface area contributed by atoms with Gasteiger partial charge >= 0.3 is 0 Å². The van der Waals surface area contributed by atoms with Crippen molar-refractivity contribution in [2.75, 3.05) is 0 Å². The van der Waals surface area contributed by atoms with Gasteiger partial charge in [-0.15, -0.1) is 0 Å². The van der Waals surface area contributed by atoms with E-state index in [1.165, 1.54) is 0 Å². The lowest BCUT2D eigenvalue weighted by molar-refractivity contribution is 0.112. The van der Waals surface area contributed by atoms with Crippen molar-refractivity contribution in [3.63, 3.8) is 0 Å². The second-order valence-corrected chi connectivity index (χ2v) is 4.90. The van der Waals surface area contributed by atoms with E-state index in [0.29, 0.717) is 23.6 Å². The van der Waals surface area contributed by atoms with Crippen LogP contribution in [0.5, 0.6) is 0 Å². The Morgan fingerprint density at radius 2 is 2.05 bits per heavy atom. The zero-order valence-electron chi connectivity index (χ0n) is 11.0. The number of aldehydes is 1. The minimum Gasteiger partial charge on any atom is -0.454 e. The number of nitrogens with zero attached hydrogens (tertiary/aromatic N) is 2. The summed E-state index contributed by atoms with van der Waals surface area (Å²) in [5.74, 6) is 1.01. The number of furan rings is 1. The highest BCUT2D eigenvalue weighted by atomic mass is 35.5. The van der Waals surface area contributed by atoms with Gasteiger partial charge in [-0.1, -0.05) is 29.8 Å². The second-order valence-electron chi connectivity index (χ2n) is 4.55. The molecule has 4 nitrogen and oxygen atoms in total. The molecule has 3 aromatic rings. The van der Waals surface area contributed by atoms with Crippen molar-refractivity contribution in [1.82, 2.24) is 9.97 Å². The molecule has 0 saturated carbocycles. The van der Waals surface area contributed by atoms with E-state index >= 15 is 0 Å². The lowest BCUT2D eigenvalue weighted by Crippen LogP contribution is -1.98. The fourth-order valence-corrected chi connectivity index (χ4v) is 2.42. The van der Waals surface area contributed by atoms with Crippen molar-refractivity contribution in [3.05, 3.63) is 46.4 Å². The Morgan fingerprint density at radius 1 is 1.25 bits per heavy atom. The summed E-state index contributed by atoms with van der Waals surface area (Å²) < 4.78 is 5.83. The van der Waals surface area contributed by atoms with E-state index in [0.717, 1.165) is 16.5 Å². The summed E-state index contributed by atoms with van der Waals surface area (Å²) >= 11 is 5.99. The van der Waals surface area contributed by atoms with Crippen molar-refractivity contribution in [1.29, 1.82) is 0 Å². The highest BCUT2D eigenvalue weighted by Crippen LogP contribution is 2.31. The van der Waals surface area contributed by atoms with Crippen molar-refractivity contribution >= 4 is 28.9 Å². The van der Waals surface area contributed by atoms with Crippen molar-refractivity contribution in [2.45, 2.75) is 13.8 Å². The molecule has 0 N–H and O–H groups in total. The van der Waals surface area contributed by atoms with Crippen LogP contribution in [-0.4, -0.2) is 16.3 Å². The standard InChI is InChI=1S/C15H11ClN2O2/c1-8-4-3-5-10-6-12(20-14(8)10)13-11(7-19)15(16)18-9(2)17-13/h3-7H,1-2H3. The molecule has 0 aliphatic rings. The van der Waals surface area contributed by atoms with Gasteiger partial charge in [0.05, 0.1) is 5.56 Å². The SMILES string of the molecule is Cc1nc(Cl)c(C=O)c(-c2cc3cccc(C)c3o2)n1. The van der Waals surface area contributed by atoms with Gasteiger partial charge in [-0.2, -0.15) is 0 Å². The van der Waals surface area contributed by atoms with Crippen LogP contribution in [0.1, 0.15) is 21.7 Å². The minimum atomic E-state index is 0.139. The zero-order chi connectivity index (χ0) is 14.3. The Morgan fingerprint density at radius 3 is 2.75 bits per heavy atom. The lowest BCUT2D eigenvalue weighted by Gasteiger charge is -2.03. The number of hydrogen-bond donors (Lipinski definition) is 0. The largest absolute Gasteiger partial charge is 0.454 e. The van der Waals surface area contributed by atoms with Crippen LogP contribution < -0.4 is 0 Å². The molecule has 0 aliphatic heterocycles. The van der Waals surface area contributed by atoms with Gasteiger partial charge in [-0.3, -0.25) is 4.79 Å². The summed E-state index contributed by atoms with van der Waals surface area (Å²) in [6.45, 7) is 3.69. The Labute approximate surface area is 120 Å². The van der Waals surface area contributed by atoms with Crippen LogP contribution in [0.3, 0.4) is 0 Å². The molecular weight excluding hydrogens is 276 g/mol. The monoisotopic (exact) mass is 286 g/mol. The quantitative estimate of drug-likeness (QED) is 0.528. The molecule has 5 heteroatoms. The van der Waals surface area contributed by atoms with Gasteiger partial charge in [0, 0.05) is 5.39 Å². The van der Waals surface area contributed by atoms with Gasteiger partial charge in [0.15, 0.2) is 12.0 Å². The molecular formula is C15H11ClN2O2. The average Bonchev–Trinajstić information content (AvgIpc) is 2.83. The molecule has 0 aliphatic carbocycles. The number of rotatable bonds is 2.